The molecule has 0 aromatic rings. The minimum Gasteiger partial charge on any atom is -0.457 e. The van der Waals surface area contributed by atoms with Gasteiger partial charge in [0.05, 0.1) is 34.4 Å². The fourth-order valence-electron chi connectivity index (χ4n) is 5.65. The number of rotatable bonds is 40. The van der Waals surface area contributed by atoms with E-state index in [9.17, 15) is 14.3 Å². The number of likely N-dealkylation sites (N-methyl/N-ethyl adjacent to an activating group) is 1. The van der Waals surface area contributed by atoms with Crippen molar-refractivity contribution in [3.8, 4) is 0 Å². The molecule has 0 saturated heterocycles. The Balaban J connectivity index is 4.31. The zero-order chi connectivity index (χ0) is 40.6. The molecule has 1 N–H and O–H groups in total. The summed E-state index contributed by atoms with van der Waals surface area (Å²) in [7, 11) is 1.64. The number of unbranched alkanes of at least 4 members (excludes halogenated alkanes) is 16. The molecule has 0 aromatic heterocycles. The minimum absolute atomic E-state index is 0.0798. The van der Waals surface area contributed by atoms with E-state index in [1.54, 1.807) is 0 Å². The lowest BCUT2D eigenvalue weighted by Gasteiger charge is -2.24. The van der Waals surface area contributed by atoms with Crippen LogP contribution in [0, 0.1) is 0 Å². The molecule has 1 unspecified atom stereocenters. The van der Waals surface area contributed by atoms with Crippen molar-refractivity contribution in [1.82, 2.24) is 0 Å². The number of carbonyl (C=O) groups is 1. The van der Waals surface area contributed by atoms with Crippen LogP contribution in [0.1, 0.15) is 168 Å². The molecule has 0 heterocycles. The topological polar surface area (TPSA) is 91.3 Å². The first-order valence-corrected chi connectivity index (χ1v) is 23.5. The SMILES string of the molecule is CC/C=C\C/C=C\C/C=C\C/C=C\CCCCCCC(=O)O[C@H](COCCCCCCCC/C=C\CCCCCCCC)COP(=O)(O)OCC[N+](C)(C)C. The van der Waals surface area contributed by atoms with Crippen LogP contribution in [0.25, 0.3) is 0 Å². The molecule has 0 aliphatic carbocycles. The number of ether oxygens (including phenoxy) is 2. The summed E-state index contributed by atoms with van der Waals surface area (Å²) in [4.78, 5) is 22.9. The molecule has 0 aromatic carbocycles. The molecule has 0 rings (SSSR count). The first-order chi connectivity index (χ1) is 26.6. The number of hydrogen-bond acceptors (Lipinski definition) is 6. The summed E-state index contributed by atoms with van der Waals surface area (Å²) in [6.45, 7) is 5.45. The second-order valence-electron chi connectivity index (χ2n) is 15.7. The molecule has 55 heavy (non-hydrogen) atoms. The summed E-state index contributed by atoms with van der Waals surface area (Å²) in [6.07, 6.45) is 48.2. The molecule has 9 heteroatoms. The van der Waals surface area contributed by atoms with E-state index in [4.69, 9.17) is 18.5 Å². The Morgan fingerprint density at radius 1 is 0.582 bits per heavy atom. The van der Waals surface area contributed by atoms with E-state index >= 15 is 0 Å². The zero-order valence-electron chi connectivity index (χ0n) is 36.1. The van der Waals surface area contributed by atoms with Gasteiger partial charge in [0, 0.05) is 13.0 Å². The largest absolute Gasteiger partial charge is 0.472 e. The Morgan fingerprint density at radius 2 is 1.05 bits per heavy atom. The van der Waals surface area contributed by atoms with Gasteiger partial charge in [0.15, 0.2) is 0 Å². The Hall–Kier alpha value is -1.80. The van der Waals surface area contributed by atoms with Gasteiger partial charge >= 0.3 is 13.8 Å². The Labute approximate surface area is 339 Å². The molecule has 0 fully saturated rings. The fourth-order valence-corrected chi connectivity index (χ4v) is 6.40. The monoisotopic (exact) mass is 795 g/mol. The van der Waals surface area contributed by atoms with E-state index in [1.165, 1.54) is 77.0 Å². The van der Waals surface area contributed by atoms with Gasteiger partial charge in [0.25, 0.3) is 0 Å². The summed E-state index contributed by atoms with van der Waals surface area (Å²) in [5, 5.41) is 0. The number of phosphoric acid groups is 1. The third-order valence-electron chi connectivity index (χ3n) is 9.06. The first kappa shape index (κ1) is 53.2. The van der Waals surface area contributed by atoms with Crippen LogP contribution in [0.2, 0.25) is 0 Å². The molecular formula is C46H85NO7P+. The van der Waals surface area contributed by atoms with E-state index < -0.39 is 13.9 Å². The number of phosphoric ester groups is 1. The van der Waals surface area contributed by atoms with Gasteiger partial charge in [-0.05, 0) is 77.0 Å². The second-order valence-corrected chi connectivity index (χ2v) is 17.1. The zero-order valence-corrected chi connectivity index (χ0v) is 37.0. The molecule has 0 saturated carbocycles. The predicted octanol–water partition coefficient (Wildman–Crippen LogP) is 12.9. The van der Waals surface area contributed by atoms with Crippen molar-refractivity contribution >= 4 is 13.8 Å². The van der Waals surface area contributed by atoms with Crippen molar-refractivity contribution in [2.24, 2.45) is 0 Å². The first-order valence-electron chi connectivity index (χ1n) is 22.0. The van der Waals surface area contributed by atoms with Crippen molar-refractivity contribution in [3.63, 3.8) is 0 Å². The molecule has 0 amide bonds. The Kier molecular flexibility index (Phi) is 37.8. The van der Waals surface area contributed by atoms with Crippen molar-refractivity contribution in [2.75, 3.05) is 54.1 Å². The van der Waals surface area contributed by atoms with Crippen molar-refractivity contribution in [2.45, 2.75) is 174 Å². The van der Waals surface area contributed by atoms with E-state index in [1.807, 2.05) is 21.1 Å². The van der Waals surface area contributed by atoms with Gasteiger partial charge in [-0.1, -0.05) is 145 Å². The lowest BCUT2D eigenvalue weighted by molar-refractivity contribution is -0.870. The summed E-state index contributed by atoms with van der Waals surface area (Å²) < 4.78 is 35.0. The second kappa shape index (κ2) is 39.0. The van der Waals surface area contributed by atoms with Gasteiger partial charge < -0.3 is 18.9 Å². The van der Waals surface area contributed by atoms with Crippen LogP contribution >= 0.6 is 7.82 Å². The third kappa shape index (κ3) is 43.2. The highest BCUT2D eigenvalue weighted by Crippen LogP contribution is 2.43. The molecule has 0 aliphatic heterocycles. The van der Waals surface area contributed by atoms with Gasteiger partial charge in [-0.15, -0.1) is 0 Å². The van der Waals surface area contributed by atoms with Gasteiger partial charge in [-0.2, -0.15) is 0 Å². The predicted molar refractivity (Wildman–Crippen MR) is 233 cm³/mol. The van der Waals surface area contributed by atoms with Gasteiger partial charge in [-0.3, -0.25) is 13.8 Å². The van der Waals surface area contributed by atoms with Gasteiger partial charge in [-0.25, -0.2) is 4.57 Å². The number of hydrogen-bond donors (Lipinski definition) is 1. The van der Waals surface area contributed by atoms with Crippen LogP contribution in [0.15, 0.2) is 60.8 Å². The lowest BCUT2D eigenvalue weighted by atomic mass is 10.1. The van der Waals surface area contributed by atoms with Crippen LogP contribution in [-0.4, -0.2) is 75.6 Å². The molecule has 8 nitrogen and oxygen atoms in total. The van der Waals surface area contributed by atoms with Crippen LogP contribution < -0.4 is 0 Å². The maximum absolute atomic E-state index is 12.7. The van der Waals surface area contributed by atoms with E-state index in [0.717, 1.165) is 70.6 Å². The van der Waals surface area contributed by atoms with E-state index in [2.05, 4.69) is 74.6 Å². The molecule has 0 radical (unpaired) electrons. The van der Waals surface area contributed by atoms with E-state index in [0.29, 0.717) is 24.1 Å². The van der Waals surface area contributed by atoms with E-state index in [-0.39, 0.29) is 25.8 Å². The lowest BCUT2D eigenvalue weighted by Crippen LogP contribution is -2.37. The molecule has 320 valence electrons. The average molecular weight is 795 g/mol. The fraction of sp³-hybridized carbons (Fsp3) is 0.761. The van der Waals surface area contributed by atoms with Crippen LogP contribution in [0.4, 0.5) is 0 Å². The summed E-state index contributed by atoms with van der Waals surface area (Å²) in [5.41, 5.74) is 0. The molecule has 0 aliphatic rings. The highest BCUT2D eigenvalue weighted by molar-refractivity contribution is 7.47. The molecule has 0 bridgehead atoms. The molecular weight excluding hydrogens is 709 g/mol. The van der Waals surface area contributed by atoms with Crippen molar-refractivity contribution in [1.29, 1.82) is 0 Å². The molecule has 0 spiro atoms. The highest BCUT2D eigenvalue weighted by atomic mass is 31.2. The van der Waals surface area contributed by atoms with Crippen molar-refractivity contribution in [3.05, 3.63) is 60.8 Å². The normalized spacial score (nSPS) is 14.4. The Morgan fingerprint density at radius 3 is 1.60 bits per heavy atom. The highest BCUT2D eigenvalue weighted by Gasteiger charge is 2.26. The summed E-state index contributed by atoms with van der Waals surface area (Å²) >= 11 is 0. The number of allylic oxidation sites excluding steroid dienone is 10. The quantitative estimate of drug-likeness (QED) is 0.0217. The van der Waals surface area contributed by atoms with Gasteiger partial charge in [0.2, 0.25) is 0 Å². The van der Waals surface area contributed by atoms with Crippen molar-refractivity contribution < 1.29 is 37.3 Å². The molecule has 2 atom stereocenters. The summed E-state index contributed by atoms with van der Waals surface area (Å²) in [5.74, 6) is -0.341. The number of quaternary nitrogens is 1. The van der Waals surface area contributed by atoms with Crippen LogP contribution in [0.3, 0.4) is 0 Å². The van der Waals surface area contributed by atoms with Crippen LogP contribution in [-0.2, 0) is 27.9 Å². The van der Waals surface area contributed by atoms with Gasteiger partial charge in [0.1, 0.15) is 19.3 Å². The maximum atomic E-state index is 12.7. The summed E-state index contributed by atoms with van der Waals surface area (Å²) in [6, 6.07) is 0. The number of esters is 1. The minimum atomic E-state index is -4.28. The van der Waals surface area contributed by atoms with Crippen LogP contribution in [0.5, 0.6) is 0 Å². The smallest absolute Gasteiger partial charge is 0.457 e. The number of carbonyl (C=O) groups excluding carboxylic acids is 1. The average Bonchev–Trinajstić information content (AvgIpc) is 3.13. The maximum Gasteiger partial charge on any atom is 0.472 e. The standard InChI is InChI=1S/C46H84NO7P/c1-6-8-10-12-14-16-18-20-22-24-25-27-29-31-33-35-37-39-46(48)54-45(44-53-55(49,50)52-42-40-47(3,4)5)43-51-41-38-36-34-32-30-28-26-23-21-19-17-15-13-11-9-7-2/h8,10,14,16,20-23,25,27,45H,6-7,9,11-13,15,17-19,24,26,28-44H2,1-5H3/p+1/b10-8-,16-14-,22-20-,23-21-,27-25-/t45-/m1/s1. The Bertz CT molecular complexity index is 1060. The number of nitrogens with zero attached hydrogens (tertiary/aromatic N) is 1. The third-order valence-corrected chi connectivity index (χ3v) is 10.0.